The molecule has 2 aromatic rings. The van der Waals surface area contributed by atoms with Crippen LogP contribution >= 0.6 is 0 Å². The zero-order chi connectivity index (χ0) is 20.1. The summed E-state index contributed by atoms with van der Waals surface area (Å²) < 4.78 is 16.4. The van der Waals surface area contributed by atoms with Crippen LogP contribution in [0.15, 0.2) is 46.6 Å². The second-order valence-electron chi connectivity index (χ2n) is 5.89. The van der Waals surface area contributed by atoms with Gasteiger partial charge in [0, 0.05) is 6.07 Å². The minimum absolute atomic E-state index is 0.209. The van der Waals surface area contributed by atoms with Gasteiger partial charge in [-0.05, 0) is 43.7 Å². The first-order chi connectivity index (χ1) is 13.5. The van der Waals surface area contributed by atoms with Gasteiger partial charge in [-0.1, -0.05) is 6.92 Å². The molecule has 1 N–H and O–H groups in total. The van der Waals surface area contributed by atoms with E-state index in [4.69, 9.17) is 13.9 Å². The molecule has 2 heterocycles. The van der Waals surface area contributed by atoms with Crippen LogP contribution in [-0.4, -0.2) is 31.1 Å². The van der Waals surface area contributed by atoms with E-state index >= 15 is 0 Å². The van der Waals surface area contributed by atoms with Crippen LogP contribution < -0.4 is 19.7 Å². The van der Waals surface area contributed by atoms with Crippen LogP contribution in [0, 0.1) is 0 Å². The lowest BCUT2D eigenvalue weighted by Crippen LogP contribution is -2.54. The molecule has 1 aliphatic rings. The molecular weight excluding hydrogens is 364 g/mol. The van der Waals surface area contributed by atoms with Crippen molar-refractivity contribution in [1.29, 1.82) is 0 Å². The SMILES string of the molecule is CCCOc1ccc(N2C(=O)NC(=O)/C(=C\c3ccco3)C2=O)cc1OCC. The van der Waals surface area contributed by atoms with Crippen LogP contribution in [0.25, 0.3) is 6.08 Å². The Bertz CT molecular complexity index is 917. The van der Waals surface area contributed by atoms with Crippen LogP contribution in [0.4, 0.5) is 10.5 Å². The molecule has 0 saturated carbocycles. The lowest BCUT2D eigenvalue weighted by Gasteiger charge is -2.26. The van der Waals surface area contributed by atoms with E-state index in [1.54, 1.807) is 24.3 Å². The molecule has 0 unspecified atom stereocenters. The number of barbiturate groups is 1. The fourth-order valence-electron chi connectivity index (χ4n) is 2.64. The van der Waals surface area contributed by atoms with Crippen molar-refractivity contribution in [3.63, 3.8) is 0 Å². The molecule has 0 radical (unpaired) electrons. The molecule has 3 rings (SSSR count). The van der Waals surface area contributed by atoms with Gasteiger partial charge in [0.25, 0.3) is 11.8 Å². The number of carbonyl (C=O) groups is 3. The zero-order valence-electron chi connectivity index (χ0n) is 15.6. The predicted molar refractivity (Wildman–Crippen MR) is 101 cm³/mol. The van der Waals surface area contributed by atoms with E-state index in [0.29, 0.717) is 30.5 Å². The number of hydrogen-bond donors (Lipinski definition) is 1. The Labute approximate surface area is 161 Å². The van der Waals surface area contributed by atoms with Gasteiger partial charge in [-0.2, -0.15) is 0 Å². The molecule has 1 aromatic heterocycles. The lowest BCUT2D eigenvalue weighted by molar-refractivity contribution is -0.122. The van der Waals surface area contributed by atoms with Gasteiger partial charge in [-0.3, -0.25) is 14.9 Å². The number of nitrogens with one attached hydrogen (secondary N) is 1. The fourth-order valence-corrected chi connectivity index (χ4v) is 2.64. The second-order valence-corrected chi connectivity index (χ2v) is 5.89. The van der Waals surface area contributed by atoms with Crippen molar-refractivity contribution in [2.75, 3.05) is 18.1 Å². The van der Waals surface area contributed by atoms with Gasteiger partial charge in [-0.25, -0.2) is 9.69 Å². The average molecular weight is 384 g/mol. The molecule has 1 aliphatic heterocycles. The number of rotatable bonds is 7. The van der Waals surface area contributed by atoms with Crippen LogP contribution in [0.3, 0.4) is 0 Å². The van der Waals surface area contributed by atoms with Crippen molar-refractivity contribution in [3.8, 4) is 11.5 Å². The summed E-state index contributed by atoms with van der Waals surface area (Å²) >= 11 is 0. The van der Waals surface area contributed by atoms with E-state index in [1.807, 2.05) is 13.8 Å². The van der Waals surface area contributed by atoms with Gasteiger partial charge in [0.1, 0.15) is 11.3 Å². The average Bonchev–Trinajstić information content (AvgIpc) is 3.18. The summed E-state index contributed by atoms with van der Waals surface area (Å²) in [4.78, 5) is 38.2. The Morgan fingerprint density at radius 3 is 2.61 bits per heavy atom. The van der Waals surface area contributed by atoms with Crippen LogP contribution in [0.2, 0.25) is 0 Å². The maximum Gasteiger partial charge on any atom is 0.335 e. The van der Waals surface area contributed by atoms with Gasteiger partial charge < -0.3 is 13.9 Å². The van der Waals surface area contributed by atoms with Crippen molar-refractivity contribution in [1.82, 2.24) is 5.32 Å². The number of amides is 4. The maximum absolute atomic E-state index is 12.9. The summed E-state index contributed by atoms with van der Waals surface area (Å²) in [6.07, 6.45) is 3.53. The standard InChI is InChI=1S/C20H20N2O6/c1-3-9-28-16-8-7-13(11-17(16)26-4-2)22-19(24)15(18(23)21-20(22)25)12-14-6-5-10-27-14/h5-8,10-12H,3-4,9H2,1-2H3,(H,21,23,25)/b15-12+. The highest BCUT2D eigenvalue weighted by molar-refractivity contribution is 6.39. The normalized spacial score (nSPS) is 15.7. The smallest absolute Gasteiger partial charge is 0.335 e. The fraction of sp³-hybridized carbons (Fsp3) is 0.250. The van der Waals surface area contributed by atoms with Crippen LogP contribution in [0.1, 0.15) is 26.0 Å². The van der Waals surface area contributed by atoms with Crippen molar-refractivity contribution in [3.05, 3.63) is 47.9 Å². The number of urea groups is 1. The number of benzene rings is 1. The number of furan rings is 1. The molecule has 0 spiro atoms. The molecule has 1 aromatic carbocycles. The Kier molecular flexibility index (Phi) is 5.78. The van der Waals surface area contributed by atoms with Gasteiger partial charge in [0.15, 0.2) is 11.5 Å². The minimum Gasteiger partial charge on any atom is -0.490 e. The van der Waals surface area contributed by atoms with E-state index in [-0.39, 0.29) is 11.3 Å². The van der Waals surface area contributed by atoms with Gasteiger partial charge >= 0.3 is 6.03 Å². The van der Waals surface area contributed by atoms with E-state index in [1.165, 1.54) is 18.4 Å². The Morgan fingerprint density at radius 2 is 1.93 bits per heavy atom. The van der Waals surface area contributed by atoms with Gasteiger partial charge in [0.05, 0.1) is 25.2 Å². The van der Waals surface area contributed by atoms with E-state index in [9.17, 15) is 14.4 Å². The highest BCUT2D eigenvalue weighted by Crippen LogP contribution is 2.33. The third-order valence-corrected chi connectivity index (χ3v) is 3.88. The molecule has 0 atom stereocenters. The van der Waals surface area contributed by atoms with Crippen molar-refractivity contribution >= 4 is 29.6 Å². The monoisotopic (exact) mass is 384 g/mol. The van der Waals surface area contributed by atoms with Crippen LogP contribution in [0.5, 0.6) is 11.5 Å². The summed E-state index contributed by atoms with van der Waals surface area (Å²) in [6.45, 7) is 4.69. The first kappa shape index (κ1) is 19.2. The number of anilines is 1. The largest absolute Gasteiger partial charge is 0.490 e. The molecule has 4 amide bonds. The van der Waals surface area contributed by atoms with E-state index < -0.39 is 17.8 Å². The summed E-state index contributed by atoms with van der Waals surface area (Å²) in [5.41, 5.74) is 0.0477. The maximum atomic E-state index is 12.9. The zero-order valence-corrected chi connectivity index (χ0v) is 15.6. The number of imide groups is 2. The lowest BCUT2D eigenvalue weighted by atomic mass is 10.1. The molecular formula is C20H20N2O6. The highest BCUT2D eigenvalue weighted by Gasteiger charge is 2.37. The first-order valence-corrected chi connectivity index (χ1v) is 8.89. The van der Waals surface area contributed by atoms with E-state index in [0.717, 1.165) is 11.3 Å². The molecule has 8 heteroatoms. The molecule has 0 bridgehead atoms. The number of carbonyl (C=O) groups excluding carboxylic acids is 3. The van der Waals surface area contributed by atoms with Crippen molar-refractivity contribution in [2.24, 2.45) is 0 Å². The predicted octanol–water partition coefficient (Wildman–Crippen LogP) is 3.13. The summed E-state index contributed by atoms with van der Waals surface area (Å²) in [7, 11) is 0. The number of hydrogen-bond acceptors (Lipinski definition) is 6. The highest BCUT2D eigenvalue weighted by atomic mass is 16.5. The Hall–Kier alpha value is -3.55. The minimum atomic E-state index is -0.837. The Morgan fingerprint density at radius 1 is 1.11 bits per heavy atom. The Balaban J connectivity index is 1.96. The third kappa shape index (κ3) is 3.90. The van der Waals surface area contributed by atoms with Gasteiger partial charge in [-0.15, -0.1) is 0 Å². The summed E-state index contributed by atoms with van der Waals surface area (Å²) in [6, 6.07) is 7.11. The molecule has 146 valence electrons. The first-order valence-electron chi connectivity index (χ1n) is 8.89. The van der Waals surface area contributed by atoms with Crippen LogP contribution in [-0.2, 0) is 9.59 Å². The van der Waals surface area contributed by atoms with E-state index in [2.05, 4.69) is 5.32 Å². The molecule has 8 nitrogen and oxygen atoms in total. The van der Waals surface area contributed by atoms with Crippen molar-refractivity contribution < 1.29 is 28.3 Å². The quantitative estimate of drug-likeness (QED) is 0.582. The molecule has 0 aliphatic carbocycles. The number of ether oxygens (including phenoxy) is 2. The number of nitrogens with zero attached hydrogens (tertiary/aromatic N) is 1. The van der Waals surface area contributed by atoms with Crippen molar-refractivity contribution in [2.45, 2.75) is 20.3 Å². The summed E-state index contributed by atoms with van der Waals surface area (Å²) in [5.74, 6) is -0.293. The molecule has 1 saturated heterocycles. The molecule has 28 heavy (non-hydrogen) atoms. The second kappa shape index (κ2) is 8.43. The topological polar surface area (TPSA) is 98.1 Å². The molecule has 1 fully saturated rings. The third-order valence-electron chi connectivity index (χ3n) is 3.88. The summed E-state index contributed by atoms with van der Waals surface area (Å²) in [5, 5.41) is 2.17. The van der Waals surface area contributed by atoms with Gasteiger partial charge in [0.2, 0.25) is 0 Å².